The molecule has 0 radical (unpaired) electrons. The molecule has 1 heterocycles. The normalized spacial score (nSPS) is 26.7. The minimum Gasteiger partial charge on any atom is -0.480 e. The van der Waals surface area contributed by atoms with E-state index in [1.54, 1.807) is 6.07 Å². The van der Waals surface area contributed by atoms with Gasteiger partial charge in [0.2, 0.25) is 0 Å². The number of rotatable bonds is 3. The Labute approximate surface area is 135 Å². The van der Waals surface area contributed by atoms with E-state index in [1.165, 1.54) is 0 Å². The molecule has 3 N–H and O–H groups in total. The number of nitrogens with two attached hydrogens (primary N) is 1. The van der Waals surface area contributed by atoms with Crippen molar-refractivity contribution >= 4 is 29.9 Å². The predicted octanol–water partition coefficient (Wildman–Crippen LogP) is 2.31. The third-order valence-electron chi connectivity index (χ3n) is 4.28. The fraction of sp³-hybridized carbons (Fsp3) is 0.533. The Balaban J connectivity index is 0.00000161. The van der Waals surface area contributed by atoms with Gasteiger partial charge in [0.25, 0.3) is 5.91 Å². The van der Waals surface area contributed by atoms with Gasteiger partial charge in [-0.3, -0.25) is 4.79 Å². The van der Waals surface area contributed by atoms with Crippen LogP contribution in [-0.4, -0.2) is 24.6 Å². The lowest BCUT2D eigenvalue weighted by Gasteiger charge is -2.21. The smallest absolute Gasteiger partial charge is 0.261 e. The maximum Gasteiger partial charge on any atom is 0.261 e. The van der Waals surface area contributed by atoms with Crippen LogP contribution in [0.3, 0.4) is 0 Å². The van der Waals surface area contributed by atoms with E-state index in [0.29, 0.717) is 23.9 Å². The van der Waals surface area contributed by atoms with Crippen molar-refractivity contribution in [2.24, 2.45) is 11.7 Å². The molecule has 0 spiro atoms. The molecule has 3 unspecified atom stereocenters. The molecule has 1 amide bonds. The first-order valence-electron chi connectivity index (χ1n) is 7.13. The Morgan fingerprint density at radius 2 is 2.24 bits per heavy atom. The van der Waals surface area contributed by atoms with Crippen LogP contribution in [0.1, 0.15) is 24.8 Å². The molecule has 1 aromatic carbocycles. The molecule has 0 bridgehead atoms. The summed E-state index contributed by atoms with van der Waals surface area (Å²) in [4.78, 5) is 12.3. The second-order valence-electron chi connectivity index (χ2n) is 5.60. The van der Waals surface area contributed by atoms with Crippen molar-refractivity contribution in [2.45, 2.75) is 37.8 Å². The molecule has 3 rings (SSSR count). The lowest BCUT2D eigenvalue weighted by molar-refractivity contribution is -0.128. The number of amides is 1. The summed E-state index contributed by atoms with van der Waals surface area (Å²) in [6.07, 6.45) is 3.39. The van der Waals surface area contributed by atoms with Crippen molar-refractivity contribution < 1.29 is 9.53 Å². The van der Waals surface area contributed by atoms with E-state index in [-0.39, 0.29) is 24.4 Å². The average Bonchev–Trinajstić information content (AvgIpc) is 3.04. The van der Waals surface area contributed by atoms with Gasteiger partial charge in [-0.05, 0) is 49.1 Å². The van der Waals surface area contributed by atoms with E-state index in [4.69, 9.17) is 22.1 Å². The van der Waals surface area contributed by atoms with Crippen LogP contribution in [0.4, 0.5) is 0 Å². The number of ether oxygens (including phenoxy) is 1. The van der Waals surface area contributed by atoms with E-state index in [0.717, 1.165) is 30.6 Å². The van der Waals surface area contributed by atoms with Gasteiger partial charge in [0.15, 0.2) is 6.10 Å². The lowest BCUT2D eigenvalue weighted by Crippen LogP contribution is -2.46. The fourth-order valence-corrected chi connectivity index (χ4v) is 3.34. The molecule has 116 valence electrons. The third-order valence-corrected chi connectivity index (χ3v) is 4.51. The van der Waals surface area contributed by atoms with Gasteiger partial charge in [-0.2, -0.15) is 0 Å². The van der Waals surface area contributed by atoms with Crippen molar-refractivity contribution in [1.29, 1.82) is 0 Å². The van der Waals surface area contributed by atoms with Crippen LogP contribution >= 0.6 is 24.0 Å². The molecule has 1 aliphatic carbocycles. The van der Waals surface area contributed by atoms with Gasteiger partial charge < -0.3 is 15.8 Å². The zero-order chi connectivity index (χ0) is 14.1. The van der Waals surface area contributed by atoms with Crippen LogP contribution in [0.25, 0.3) is 0 Å². The quantitative estimate of drug-likeness (QED) is 0.893. The molecular weight excluding hydrogens is 311 g/mol. The number of carbonyl (C=O) groups is 1. The van der Waals surface area contributed by atoms with Crippen molar-refractivity contribution in [3.63, 3.8) is 0 Å². The monoisotopic (exact) mass is 330 g/mol. The van der Waals surface area contributed by atoms with E-state index in [2.05, 4.69) is 5.32 Å². The molecule has 2 aliphatic rings. The topological polar surface area (TPSA) is 64.3 Å². The van der Waals surface area contributed by atoms with Crippen LogP contribution in [0.2, 0.25) is 5.02 Å². The highest BCUT2D eigenvalue weighted by molar-refractivity contribution is 6.30. The maximum atomic E-state index is 12.3. The standard InChI is InChI=1S/C15H19ClN2O2.ClH/c16-11-4-5-13-10(6-11)7-14(20-13)15(19)18-12-3-1-2-9(12)8-17;/h4-6,9,12,14H,1-3,7-8,17H2,(H,18,19);1H. The molecular formula is C15H20Cl2N2O2. The molecule has 1 saturated carbocycles. The number of hydrogen-bond donors (Lipinski definition) is 2. The Morgan fingerprint density at radius 1 is 1.43 bits per heavy atom. The van der Waals surface area contributed by atoms with Gasteiger partial charge in [-0.25, -0.2) is 0 Å². The molecule has 0 aromatic heterocycles. The van der Waals surface area contributed by atoms with Crippen molar-refractivity contribution in [2.75, 3.05) is 6.54 Å². The highest BCUT2D eigenvalue weighted by Gasteiger charge is 2.33. The van der Waals surface area contributed by atoms with Gasteiger partial charge >= 0.3 is 0 Å². The number of carbonyl (C=O) groups excluding carboxylic acids is 1. The van der Waals surface area contributed by atoms with Gasteiger partial charge in [0.1, 0.15) is 5.75 Å². The summed E-state index contributed by atoms with van der Waals surface area (Å²) in [6.45, 7) is 0.631. The molecule has 1 fully saturated rings. The fourth-order valence-electron chi connectivity index (χ4n) is 3.15. The molecule has 21 heavy (non-hydrogen) atoms. The summed E-state index contributed by atoms with van der Waals surface area (Å²) in [5.41, 5.74) is 6.74. The predicted molar refractivity (Wildman–Crippen MR) is 85.1 cm³/mol. The summed E-state index contributed by atoms with van der Waals surface area (Å²) in [5.74, 6) is 1.12. The molecule has 6 heteroatoms. The highest BCUT2D eigenvalue weighted by atomic mass is 35.5. The zero-order valence-electron chi connectivity index (χ0n) is 11.7. The number of nitrogens with one attached hydrogen (secondary N) is 1. The Hall–Kier alpha value is -0.970. The molecule has 1 aliphatic heterocycles. The molecule has 0 saturated heterocycles. The average molecular weight is 331 g/mol. The second-order valence-corrected chi connectivity index (χ2v) is 6.04. The number of benzene rings is 1. The minimum atomic E-state index is -0.442. The first-order valence-corrected chi connectivity index (χ1v) is 7.50. The number of fused-ring (bicyclic) bond motifs is 1. The van der Waals surface area contributed by atoms with E-state index in [9.17, 15) is 4.79 Å². The Morgan fingerprint density at radius 3 is 3.00 bits per heavy atom. The van der Waals surface area contributed by atoms with Crippen LogP contribution in [-0.2, 0) is 11.2 Å². The lowest BCUT2D eigenvalue weighted by atomic mass is 10.0. The number of hydrogen-bond acceptors (Lipinski definition) is 3. The zero-order valence-corrected chi connectivity index (χ0v) is 13.3. The number of halogens is 2. The summed E-state index contributed by atoms with van der Waals surface area (Å²) < 4.78 is 5.70. The van der Waals surface area contributed by atoms with Crippen LogP contribution in [0.15, 0.2) is 18.2 Å². The van der Waals surface area contributed by atoms with Crippen LogP contribution in [0, 0.1) is 5.92 Å². The van der Waals surface area contributed by atoms with E-state index >= 15 is 0 Å². The van der Waals surface area contributed by atoms with Gasteiger partial charge in [-0.15, -0.1) is 12.4 Å². The maximum absolute atomic E-state index is 12.3. The van der Waals surface area contributed by atoms with Crippen molar-refractivity contribution in [3.8, 4) is 5.75 Å². The minimum absolute atomic E-state index is 0. The summed E-state index contributed by atoms with van der Waals surface area (Å²) in [6, 6.07) is 5.66. The summed E-state index contributed by atoms with van der Waals surface area (Å²) in [7, 11) is 0. The Bertz CT molecular complexity index is 524. The Kier molecular flexibility index (Phi) is 5.36. The first kappa shape index (κ1) is 16.4. The van der Waals surface area contributed by atoms with E-state index < -0.39 is 6.10 Å². The van der Waals surface area contributed by atoms with Crippen LogP contribution in [0.5, 0.6) is 5.75 Å². The summed E-state index contributed by atoms with van der Waals surface area (Å²) in [5, 5.41) is 3.77. The second kappa shape index (κ2) is 6.86. The van der Waals surface area contributed by atoms with Crippen LogP contribution < -0.4 is 15.8 Å². The summed E-state index contributed by atoms with van der Waals surface area (Å²) >= 11 is 5.96. The largest absolute Gasteiger partial charge is 0.480 e. The molecule has 4 nitrogen and oxygen atoms in total. The SMILES string of the molecule is Cl.NCC1CCCC1NC(=O)C1Cc2cc(Cl)ccc2O1. The first-order chi connectivity index (χ1) is 9.67. The third kappa shape index (κ3) is 3.44. The van der Waals surface area contributed by atoms with Gasteiger partial charge in [0, 0.05) is 17.5 Å². The van der Waals surface area contributed by atoms with Crippen molar-refractivity contribution in [3.05, 3.63) is 28.8 Å². The molecule has 3 atom stereocenters. The molecule has 1 aromatic rings. The highest BCUT2D eigenvalue weighted by Crippen LogP contribution is 2.31. The van der Waals surface area contributed by atoms with Gasteiger partial charge in [0.05, 0.1) is 0 Å². The van der Waals surface area contributed by atoms with Gasteiger partial charge in [-0.1, -0.05) is 18.0 Å². The van der Waals surface area contributed by atoms with E-state index in [1.807, 2.05) is 12.1 Å². The van der Waals surface area contributed by atoms with Crippen molar-refractivity contribution in [1.82, 2.24) is 5.32 Å².